The second-order valence-electron chi connectivity index (χ2n) is 5.69. The van der Waals surface area contributed by atoms with Crippen molar-refractivity contribution < 1.29 is 13.2 Å². The Labute approximate surface area is 132 Å². The maximum atomic E-state index is 12.3. The van der Waals surface area contributed by atoms with Gasteiger partial charge in [0.25, 0.3) is 5.16 Å². The number of aromatic nitrogens is 3. The standard InChI is InChI=1S/C14H26N4O3S/c1-5-7-10-22(20,21)13-15-11-18(16-13)14(19)17(6-2)9-8-12(3)4/h11-12H,5-10H2,1-4H3. The van der Waals surface area contributed by atoms with Crippen molar-refractivity contribution in [1.29, 1.82) is 0 Å². The van der Waals surface area contributed by atoms with Gasteiger partial charge in [-0.05, 0) is 25.7 Å². The van der Waals surface area contributed by atoms with E-state index in [1.807, 2.05) is 13.8 Å². The van der Waals surface area contributed by atoms with Crippen LogP contribution in [0.25, 0.3) is 0 Å². The largest absolute Gasteiger partial charge is 0.346 e. The van der Waals surface area contributed by atoms with Gasteiger partial charge in [-0.1, -0.05) is 27.2 Å². The number of amides is 1. The zero-order chi connectivity index (χ0) is 16.8. The Morgan fingerprint density at radius 3 is 2.59 bits per heavy atom. The Kier molecular flexibility index (Phi) is 6.99. The van der Waals surface area contributed by atoms with Crippen LogP contribution in [0.5, 0.6) is 0 Å². The molecule has 126 valence electrons. The van der Waals surface area contributed by atoms with Crippen molar-refractivity contribution in [3.8, 4) is 0 Å². The zero-order valence-electron chi connectivity index (χ0n) is 13.8. The Morgan fingerprint density at radius 1 is 1.36 bits per heavy atom. The van der Waals surface area contributed by atoms with Crippen molar-refractivity contribution in [2.75, 3.05) is 18.8 Å². The Morgan fingerprint density at radius 2 is 2.05 bits per heavy atom. The van der Waals surface area contributed by atoms with E-state index in [4.69, 9.17) is 0 Å². The van der Waals surface area contributed by atoms with Gasteiger partial charge in [-0.3, -0.25) is 0 Å². The number of sulfone groups is 1. The molecule has 1 amide bonds. The maximum absolute atomic E-state index is 12.3. The van der Waals surface area contributed by atoms with Gasteiger partial charge in [0.2, 0.25) is 9.84 Å². The maximum Gasteiger partial charge on any atom is 0.346 e. The summed E-state index contributed by atoms with van der Waals surface area (Å²) in [5, 5.41) is 3.59. The molecule has 0 aromatic carbocycles. The van der Waals surface area contributed by atoms with Crippen LogP contribution in [0, 0.1) is 5.92 Å². The quantitative estimate of drug-likeness (QED) is 0.729. The van der Waals surface area contributed by atoms with E-state index in [-0.39, 0.29) is 16.9 Å². The summed E-state index contributed by atoms with van der Waals surface area (Å²) in [4.78, 5) is 17.8. The molecule has 0 saturated heterocycles. The van der Waals surface area contributed by atoms with Crippen LogP contribution >= 0.6 is 0 Å². The minimum absolute atomic E-state index is 0.00649. The third-order valence-corrected chi connectivity index (χ3v) is 4.91. The average Bonchev–Trinajstić information content (AvgIpc) is 2.96. The molecule has 0 atom stereocenters. The number of hydrogen-bond donors (Lipinski definition) is 0. The van der Waals surface area contributed by atoms with Gasteiger partial charge >= 0.3 is 6.03 Å². The van der Waals surface area contributed by atoms with Crippen LogP contribution in [-0.2, 0) is 9.84 Å². The number of carbonyl (C=O) groups excluding carboxylic acids is 1. The molecule has 0 aliphatic heterocycles. The number of rotatable bonds is 8. The lowest BCUT2D eigenvalue weighted by atomic mass is 10.1. The molecule has 8 heteroatoms. The summed E-state index contributed by atoms with van der Waals surface area (Å²) in [5.74, 6) is 0.495. The molecule has 0 fully saturated rings. The van der Waals surface area contributed by atoms with Gasteiger partial charge in [0.15, 0.2) is 0 Å². The summed E-state index contributed by atoms with van der Waals surface area (Å²) in [6.45, 7) is 9.14. The summed E-state index contributed by atoms with van der Waals surface area (Å²) in [6, 6.07) is -0.340. The fraction of sp³-hybridized carbons (Fsp3) is 0.786. The van der Waals surface area contributed by atoms with Crippen LogP contribution in [0.15, 0.2) is 11.5 Å². The smallest absolute Gasteiger partial charge is 0.323 e. The van der Waals surface area contributed by atoms with E-state index in [0.29, 0.717) is 25.4 Å². The van der Waals surface area contributed by atoms with Gasteiger partial charge in [0.1, 0.15) is 6.33 Å². The third kappa shape index (κ3) is 5.08. The topological polar surface area (TPSA) is 85.2 Å². The van der Waals surface area contributed by atoms with Crippen LogP contribution in [0.3, 0.4) is 0 Å². The molecule has 0 aliphatic carbocycles. The van der Waals surface area contributed by atoms with Crippen molar-refractivity contribution in [2.24, 2.45) is 5.92 Å². The Hall–Kier alpha value is -1.44. The van der Waals surface area contributed by atoms with E-state index in [0.717, 1.165) is 17.5 Å². The van der Waals surface area contributed by atoms with Gasteiger partial charge < -0.3 is 4.90 Å². The fourth-order valence-electron chi connectivity index (χ4n) is 1.86. The first-order chi connectivity index (χ1) is 10.3. The molecule has 0 aliphatic rings. The highest BCUT2D eigenvalue weighted by Crippen LogP contribution is 2.08. The first-order valence-corrected chi connectivity index (χ1v) is 9.40. The molecule has 1 aromatic rings. The first-order valence-electron chi connectivity index (χ1n) is 7.75. The molecular weight excluding hydrogens is 304 g/mol. The highest BCUT2D eigenvalue weighted by Gasteiger charge is 2.22. The van der Waals surface area contributed by atoms with E-state index in [1.54, 1.807) is 4.90 Å². The first kappa shape index (κ1) is 18.6. The van der Waals surface area contributed by atoms with Crippen LogP contribution in [0.4, 0.5) is 4.79 Å². The monoisotopic (exact) mass is 330 g/mol. The lowest BCUT2D eigenvalue weighted by Crippen LogP contribution is -2.36. The molecule has 1 heterocycles. The van der Waals surface area contributed by atoms with Crippen LogP contribution < -0.4 is 0 Å². The molecule has 0 N–H and O–H groups in total. The highest BCUT2D eigenvalue weighted by atomic mass is 32.2. The van der Waals surface area contributed by atoms with Crippen molar-refractivity contribution in [1.82, 2.24) is 19.7 Å². The van der Waals surface area contributed by atoms with Crippen molar-refractivity contribution in [3.63, 3.8) is 0 Å². The summed E-state index contributed by atoms with van der Waals surface area (Å²) >= 11 is 0. The lowest BCUT2D eigenvalue weighted by molar-refractivity contribution is 0.195. The summed E-state index contributed by atoms with van der Waals surface area (Å²) in [7, 11) is -3.51. The Bertz CT molecular complexity index is 581. The van der Waals surface area contributed by atoms with Crippen molar-refractivity contribution in [2.45, 2.75) is 52.1 Å². The molecule has 0 unspecified atom stereocenters. The molecule has 0 bridgehead atoms. The molecule has 7 nitrogen and oxygen atoms in total. The minimum Gasteiger partial charge on any atom is -0.323 e. The zero-order valence-corrected chi connectivity index (χ0v) is 14.6. The van der Waals surface area contributed by atoms with Crippen LogP contribution in [0.1, 0.15) is 47.0 Å². The van der Waals surface area contributed by atoms with Gasteiger partial charge in [-0.2, -0.15) is 4.68 Å². The van der Waals surface area contributed by atoms with Gasteiger partial charge in [0, 0.05) is 13.1 Å². The van der Waals surface area contributed by atoms with Gasteiger partial charge in [0.05, 0.1) is 5.75 Å². The highest BCUT2D eigenvalue weighted by molar-refractivity contribution is 7.91. The van der Waals surface area contributed by atoms with Crippen LogP contribution in [-0.4, -0.2) is 53.0 Å². The van der Waals surface area contributed by atoms with E-state index >= 15 is 0 Å². The fourth-order valence-corrected chi connectivity index (χ4v) is 3.13. The second kappa shape index (κ2) is 8.26. The third-order valence-electron chi connectivity index (χ3n) is 3.34. The van der Waals surface area contributed by atoms with E-state index in [1.165, 1.54) is 6.33 Å². The molecule has 1 rings (SSSR count). The molecule has 1 aromatic heterocycles. The number of carbonyl (C=O) groups is 1. The molecule has 0 spiro atoms. The molecule has 0 saturated carbocycles. The SMILES string of the molecule is CCCCS(=O)(=O)c1ncn(C(=O)N(CC)CCC(C)C)n1. The van der Waals surface area contributed by atoms with E-state index in [2.05, 4.69) is 23.9 Å². The molecule has 22 heavy (non-hydrogen) atoms. The van der Waals surface area contributed by atoms with Crippen molar-refractivity contribution >= 4 is 15.9 Å². The van der Waals surface area contributed by atoms with Gasteiger partial charge in [-0.15, -0.1) is 5.10 Å². The van der Waals surface area contributed by atoms with Gasteiger partial charge in [-0.25, -0.2) is 18.2 Å². The van der Waals surface area contributed by atoms with E-state index in [9.17, 15) is 13.2 Å². The minimum atomic E-state index is -3.51. The van der Waals surface area contributed by atoms with E-state index < -0.39 is 9.84 Å². The predicted octanol–water partition coefficient (Wildman–Crippen LogP) is 2.19. The normalized spacial score (nSPS) is 11.9. The second-order valence-corrected chi connectivity index (χ2v) is 7.69. The summed E-state index contributed by atoms with van der Waals surface area (Å²) in [5.41, 5.74) is 0. The summed E-state index contributed by atoms with van der Waals surface area (Å²) in [6.07, 6.45) is 3.40. The lowest BCUT2D eigenvalue weighted by Gasteiger charge is -2.20. The number of hydrogen-bond acceptors (Lipinski definition) is 5. The molecular formula is C14H26N4O3S. The predicted molar refractivity (Wildman–Crippen MR) is 84.5 cm³/mol. The molecule has 0 radical (unpaired) electrons. The van der Waals surface area contributed by atoms with Crippen LogP contribution in [0.2, 0.25) is 0 Å². The number of nitrogens with zero attached hydrogens (tertiary/aromatic N) is 4. The number of unbranched alkanes of at least 4 members (excludes halogenated alkanes) is 1. The van der Waals surface area contributed by atoms with Crippen molar-refractivity contribution in [3.05, 3.63) is 6.33 Å². The Balaban J connectivity index is 2.83. The summed E-state index contributed by atoms with van der Waals surface area (Å²) < 4.78 is 25.1. The average molecular weight is 330 g/mol.